The van der Waals surface area contributed by atoms with E-state index >= 15 is 0 Å². The molecule has 3 N–H and O–H groups in total. The first kappa shape index (κ1) is 11.0. The molecule has 0 unspecified atom stereocenters. The molecule has 2 nitrogen and oxygen atoms in total. The zero-order valence-corrected chi connectivity index (χ0v) is 9.53. The first-order valence-corrected chi connectivity index (χ1v) is 5.26. The Labute approximate surface area is 91.6 Å². The summed E-state index contributed by atoms with van der Waals surface area (Å²) >= 11 is 9.27. The Hall–Kier alpha value is -0.0900. The highest BCUT2D eigenvalue weighted by molar-refractivity contribution is 9.10. The highest BCUT2D eigenvalue weighted by Crippen LogP contribution is 2.22. The predicted octanol–water partition coefficient (Wildman–Crippen LogP) is 2.15. The van der Waals surface area contributed by atoms with Gasteiger partial charge in [-0.15, -0.1) is 0 Å². The molecule has 0 amide bonds. The molecule has 72 valence electrons. The van der Waals surface area contributed by atoms with Crippen LogP contribution in [0.3, 0.4) is 0 Å². The van der Waals surface area contributed by atoms with Crippen LogP contribution in [0.25, 0.3) is 0 Å². The fourth-order valence-corrected chi connectivity index (χ4v) is 1.43. The molecule has 0 saturated heterocycles. The molecule has 4 heteroatoms. The van der Waals surface area contributed by atoms with Crippen molar-refractivity contribution in [1.29, 1.82) is 0 Å². The Morgan fingerprint density at radius 1 is 1.46 bits per heavy atom. The average Bonchev–Trinajstić information content (AvgIpc) is 2.12. The van der Waals surface area contributed by atoms with E-state index in [1.807, 2.05) is 18.2 Å². The van der Waals surface area contributed by atoms with E-state index in [0.717, 1.165) is 22.6 Å². The van der Waals surface area contributed by atoms with Crippen molar-refractivity contribution in [1.82, 2.24) is 5.32 Å². The fraction of sp³-hybridized carbons (Fsp3) is 0.333. The summed E-state index contributed by atoms with van der Waals surface area (Å²) in [6.07, 6.45) is 0. The summed E-state index contributed by atoms with van der Waals surface area (Å²) in [5, 5.41) is 3.94. The third kappa shape index (κ3) is 3.65. The van der Waals surface area contributed by atoms with Gasteiger partial charge in [-0.2, -0.15) is 0 Å². The molecule has 0 aliphatic heterocycles. The van der Waals surface area contributed by atoms with E-state index in [2.05, 4.69) is 21.2 Å². The van der Waals surface area contributed by atoms with Gasteiger partial charge in [-0.3, -0.25) is 0 Å². The zero-order valence-electron chi connectivity index (χ0n) is 7.19. The molecule has 0 heterocycles. The topological polar surface area (TPSA) is 38.0 Å². The third-order valence-electron chi connectivity index (χ3n) is 1.63. The largest absolute Gasteiger partial charge is 0.329 e. The van der Waals surface area contributed by atoms with Crippen molar-refractivity contribution in [3.63, 3.8) is 0 Å². The van der Waals surface area contributed by atoms with E-state index in [9.17, 15) is 0 Å². The van der Waals surface area contributed by atoms with E-state index in [4.69, 9.17) is 17.3 Å². The molecule has 0 aliphatic carbocycles. The molecular formula is C9H12BrClN2. The predicted molar refractivity (Wildman–Crippen MR) is 59.9 cm³/mol. The van der Waals surface area contributed by atoms with Crippen LogP contribution in [0.2, 0.25) is 5.02 Å². The Kier molecular flexibility index (Phi) is 4.73. The highest BCUT2D eigenvalue weighted by atomic mass is 79.9. The van der Waals surface area contributed by atoms with Crippen molar-refractivity contribution in [2.24, 2.45) is 5.73 Å². The van der Waals surface area contributed by atoms with Gasteiger partial charge in [0.25, 0.3) is 0 Å². The monoisotopic (exact) mass is 262 g/mol. The van der Waals surface area contributed by atoms with E-state index in [0.29, 0.717) is 6.54 Å². The number of nitrogens with two attached hydrogens (primary N) is 1. The molecule has 0 bridgehead atoms. The van der Waals surface area contributed by atoms with Crippen molar-refractivity contribution < 1.29 is 0 Å². The van der Waals surface area contributed by atoms with Crippen LogP contribution in [-0.4, -0.2) is 13.1 Å². The minimum atomic E-state index is 0.657. The van der Waals surface area contributed by atoms with Crippen LogP contribution in [0.15, 0.2) is 22.7 Å². The van der Waals surface area contributed by atoms with Crippen molar-refractivity contribution in [3.8, 4) is 0 Å². The van der Waals surface area contributed by atoms with Crippen LogP contribution >= 0.6 is 27.5 Å². The van der Waals surface area contributed by atoms with Gasteiger partial charge in [0.1, 0.15) is 0 Å². The van der Waals surface area contributed by atoms with Crippen LogP contribution in [0.1, 0.15) is 5.56 Å². The second-order valence-corrected chi connectivity index (χ2v) is 3.98. The molecule has 1 aromatic rings. The first-order valence-electron chi connectivity index (χ1n) is 4.08. The smallest absolute Gasteiger partial charge is 0.0551 e. The number of halogens is 2. The Morgan fingerprint density at radius 2 is 2.23 bits per heavy atom. The molecule has 0 aromatic heterocycles. The van der Waals surface area contributed by atoms with Crippen molar-refractivity contribution in [2.45, 2.75) is 6.54 Å². The summed E-state index contributed by atoms with van der Waals surface area (Å²) in [6, 6.07) is 5.91. The van der Waals surface area contributed by atoms with Crippen LogP contribution in [-0.2, 0) is 6.54 Å². The molecule has 1 aromatic carbocycles. The van der Waals surface area contributed by atoms with Crippen molar-refractivity contribution in [2.75, 3.05) is 13.1 Å². The molecular weight excluding hydrogens is 251 g/mol. The van der Waals surface area contributed by atoms with Gasteiger partial charge in [0.05, 0.1) is 5.02 Å². The van der Waals surface area contributed by atoms with Crippen LogP contribution in [0.4, 0.5) is 0 Å². The Bertz CT molecular complexity index is 278. The third-order valence-corrected chi connectivity index (χ3v) is 2.87. The second-order valence-electron chi connectivity index (χ2n) is 2.71. The van der Waals surface area contributed by atoms with E-state index in [1.54, 1.807) is 0 Å². The SMILES string of the molecule is NCCNCc1ccc(Br)c(Cl)c1. The summed E-state index contributed by atoms with van der Waals surface area (Å²) in [7, 11) is 0. The standard InChI is InChI=1S/C9H12BrClN2/c10-8-2-1-7(5-9(8)11)6-13-4-3-12/h1-2,5,13H,3-4,6,12H2. The average molecular weight is 264 g/mol. The molecule has 0 fully saturated rings. The summed E-state index contributed by atoms with van der Waals surface area (Å²) in [4.78, 5) is 0. The molecule has 0 aliphatic rings. The summed E-state index contributed by atoms with van der Waals surface area (Å²) in [5.41, 5.74) is 6.52. The maximum Gasteiger partial charge on any atom is 0.0551 e. The second kappa shape index (κ2) is 5.60. The van der Waals surface area contributed by atoms with E-state index < -0.39 is 0 Å². The normalized spacial score (nSPS) is 10.4. The first-order chi connectivity index (χ1) is 6.24. The summed E-state index contributed by atoms with van der Waals surface area (Å²) in [5.74, 6) is 0. The lowest BCUT2D eigenvalue weighted by Gasteiger charge is -2.04. The van der Waals surface area contributed by atoms with Gasteiger partial charge in [0.15, 0.2) is 0 Å². The molecule has 0 radical (unpaired) electrons. The lowest BCUT2D eigenvalue weighted by Crippen LogP contribution is -2.21. The number of nitrogens with one attached hydrogen (secondary N) is 1. The van der Waals surface area contributed by atoms with E-state index in [-0.39, 0.29) is 0 Å². The fourth-order valence-electron chi connectivity index (χ4n) is 0.984. The minimum Gasteiger partial charge on any atom is -0.329 e. The highest BCUT2D eigenvalue weighted by Gasteiger charge is 1.97. The molecule has 0 saturated carbocycles. The number of hydrogen-bond donors (Lipinski definition) is 2. The van der Waals surface area contributed by atoms with Gasteiger partial charge < -0.3 is 11.1 Å². The van der Waals surface area contributed by atoms with Crippen molar-refractivity contribution >= 4 is 27.5 Å². The number of benzene rings is 1. The van der Waals surface area contributed by atoms with Crippen molar-refractivity contribution in [3.05, 3.63) is 33.3 Å². The van der Waals surface area contributed by atoms with E-state index in [1.165, 1.54) is 5.56 Å². The minimum absolute atomic E-state index is 0.657. The van der Waals surface area contributed by atoms with Gasteiger partial charge >= 0.3 is 0 Å². The maximum atomic E-state index is 5.93. The quantitative estimate of drug-likeness (QED) is 0.817. The van der Waals surface area contributed by atoms with Crippen LogP contribution < -0.4 is 11.1 Å². The van der Waals surface area contributed by atoms with Gasteiger partial charge in [0.2, 0.25) is 0 Å². The Morgan fingerprint density at radius 3 is 2.85 bits per heavy atom. The zero-order chi connectivity index (χ0) is 9.68. The molecule has 0 spiro atoms. The molecule has 0 atom stereocenters. The van der Waals surface area contributed by atoms with Gasteiger partial charge in [0, 0.05) is 24.1 Å². The van der Waals surface area contributed by atoms with Crippen LogP contribution in [0, 0.1) is 0 Å². The number of rotatable bonds is 4. The molecule has 13 heavy (non-hydrogen) atoms. The Balaban J connectivity index is 2.53. The van der Waals surface area contributed by atoms with Gasteiger partial charge in [-0.05, 0) is 33.6 Å². The van der Waals surface area contributed by atoms with Gasteiger partial charge in [-0.1, -0.05) is 17.7 Å². The van der Waals surface area contributed by atoms with Crippen LogP contribution in [0.5, 0.6) is 0 Å². The maximum absolute atomic E-state index is 5.93. The summed E-state index contributed by atoms with van der Waals surface area (Å²) in [6.45, 7) is 2.29. The lowest BCUT2D eigenvalue weighted by molar-refractivity contribution is 0.695. The summed E-state index contributed by atoms with van der Waals surface area (Å²) < 4.78 is 0.928. The lowest BCUT2D eigenvalue weighted by atomic mass is 10.2. The van der Waals surface area contributed by atoms with Gasteiger partial charge in [-0.25, -0.2) is 0 Å². The molecule has 1 rings (SSSR count). The number of hydrogen-bond acceptors (Lipinski definition) is 2.